The number of imidazole rings is 1. The molecule has 0 aliphatic carbocycles. The summed E-state index contributed by atoms with van der Waals surface area (Å²) in [5, 5.41) is 4.76. The van der Waals surface area contributed by atoms with Crippen LogP contribution in [-0.2, 0) is 19.4 Å². The van der Waals surface area contributed by atoms with Crippen LogP contribution in [0, 0.1) is 15.9 Å². The van der Waals surface area contributed by atoms with Gasteiger partial charge in [0.05, 0.1) is 0 Å². The summed E-state index contributed by atoms with van der Waals surface area (Å²) in [4.78, 5) is 5.11. The maximum absolute atomic E-state index is 6.71. The van der Waals surface area contributed by atoms with Gasteiger partial charge in [-0.05, 0) is 12.1 Å². The monoisotopic (exact) mass is 1060 g/mol. The molecule has 13 aromatic rings. The number of rotatable bonds is 8. The summed E-state index contributed by atoms with van der Waals surface area (Å²) in [6, 6.07) is 81.9. The van der Waals surface area contributed by atoms with Gasteiger partial charge >= 0.3 is 294 Å². The minimum atomic E-state index is 0.587. The van der Waals surface area contributed by atoms with Gasteiger partial charge in [-0.25, -0.2) is 0 Å². The predicted octanol–water partition coefficient (Wildman–Crippen LogP) is 15.8. The van der Waals surface area contributed by atoms with Crippen molar-refractivity contribution in [2.75, 3.05) is 0 Å². The number of hydrogen-bond donors (Lipinski definition) is 0. The van der Waals surface area contributed by atoms with E-state index in [2.05, 4.69) is 239 Å². The molecule has 0 bridgehead atoms. The molecule has 0 atom stereocenters. The Bertz CT molecular complexity index is 4030. The summed E-state index contributed by atoms with van der Waals surface area (Å²) in [6.45, 7) is 0. The van der Waals surface area contributed by atoms with Crippen LogP contribution in [0.4, 0.5) is 0 Å². The van der Waals surface area contributed by atoms with Crippen molar-refractivity contribution in [3.63, 3.8) is 0 Å². The summed E-state index contributed by atoms with van der Waals surface area (Å²) in [5.41, 5.74) is 12.9. The first-order valence-electron chi connectivity index (χ1n) is 22.1. The number of pyridine rings is 1. The van der Waals surface area contributed by atoms with Crippen LogP contribution in [0.25, 0.3) is 104 Å². The molecule has 0 saturated heterocycles. The van der Waals surface area contributed by atoms with Gasteiger partial charge in [0.25, 0.3) is 0 Å². The molecular formula is C60H36N4OPtS-2. The number of fused-ring (bicyclic) bond motifs is 7. The van der Waals surface area contributed by atoms with E-state index in [1.807, 2.05) is 35.7 Å². The Morgan fingerprint density at radius 2 is 1.04 bits per heavy atom. The third-order valence-corrected chi connectivity index (χ3v) is 14.8. The summed E-state index contributed by atoms with van der Waals surface area (Å²) >= 11 is 4.31. The second-order valence-electron chi connectivity index (χ2n) is 16.5. The van der Waals surface area contributed by atoms with Crippen LogP contribution in [0.1, 0.15) is 0 Å². The summed E-state index contributed by atoms with van der Waals surface area (Å²) in [6.07, 6.45) is 1.99. The molecule has 9 aromatic carbocycles. The standard InChI is InChI=1S/C60H36N4OS.Pt/c1-3-16-40(17-4-1)46-24-14-25-47(41-18-5-2-6-19-41)59(46)63-39-62(54-29-10-11-30-55(54)63)43-20-13-21-44(36-43)65-45-33-34-50-49-22-7-9-28-53(49)64(56(50)37-45)58-35-32-42(38-61-58)48-26-15-27-52-51-23-8-12-31-57(51)66-60(48)52;/h1-35,38H;/q-2;. The summed E-state index contributed by atoms with van der Waals surface area (Å²) < 4.78 is 17.1. The van der Waals surface area contributed by atoms with Crippen molar-refractivity contribution < 1.29 is 24.1 Å². The quantitative estimate of drug-likeness (QED) is 0.142. The Balaban J connectivity index is 0.898. The van der Waals surface area contributed by atoms with Gasteiger partial charge in [0.2, 0.25) is 0 Å². The molecule has 67 heavy (non-hydrogen) atoms. The summed E-state index contributed by atoms with van der Waals surface area (Å²) in [7, 11) is 0. The molecule has 0 unspecified atom stereocenters. The second-order valence-corrected chi connectivity index (χ2v) is 18.5. The van der Waals surface area contributed by atoms with Crippen molar-refractivity contribution in [1.82, 2.24) is 18.7 Å². The van der Waals surface area contributed by atoms with Crippen LogP contribution < -0.4 is 4.74 Å². The van der Waals surface area contributed by atoms with E-state index in [9.17, 15) is 0 Å². The van der Waals surface area contributed by atoms with Gasteiger partial charge in [-0.1, -0.05) is 48.5 Å². The topological polar surface area (TPSA) is 36.9 Å². The fourth-order valence-corrected chi connectivity index (χ4v) is 11.9. The van der Waals surface area contributed by atoms with Gasteiger partial charge in [-0.3, -0.25) is 0 Å². The number of para-hydroxylation sites is 4. The Morgan fingerprint density at radius 1 is 0.433 bits per heavy atom. The molecule has 320 valence electrons. The zero-order valence-electron chi connectivity index (χ0n) is 35.7. The van der Waals surface area contributed by atoms with E-state index >= 15 is 0 Å². The number of benzene rings is 9. The van der Waals surface area contributed by atoms with Crippen molar-refractivity contribution in [2.24, 2.45) is 0 Å². The number of thiophene rings is 1. The molecule has 13 rings (SSSR count). The summed E-state index contributed by atoms with van der Waals surface area (Å²) in [5.74, 6) is 1.99. The van der Waals surface area contributed by atoms with Crippen molar-refractivity contribution in [3.8, 4) is 62.1 Å². The minimum absolute atomic E-state index is 0.587. The van der Waals surface area contributed by atoms with Crippen molar-refractivity contribution >= 4 is 64.3 Å². The van der Waals surface area contributed by atoms with Gasteiger partial charge in [-0.2, -0.15) is 0 Å². The van der Waals surface area contributed by atoms with Crippen molar-refractivity contribution in [1.29, 1.82) is 0 Å². The number of ether oxygens (including phenoxy) is 1. The fourth-order valence-electron chi connectivity index (χ4n) is 9.61. The van der Waals surface area contributed by atoms with Crippen LogP contribution >= 0.6 is 11.3 Å². The van der Waals surface area contributed by atoms with Crippen LogP contribution in [0.15, 0.2) is 219 Å². The van der Waals surface area contributed by atoms with Crippen LogP contribution in [-0.4, -0.2) is 18.7 Å². The molecule has 0 amide bonds. The molecule has 0 N–H and O–H groups in total. The van der Waals surface area contributed by atoms with Gasteiger partial charge in [0.15, 0.2) is 0 Å². The molecule has 0 aliphatic heterocycles. The van der Waals surface area contributed by atoms with Crippen LogP contribution in [0.3, 0.4) is 0 Å². The van der Waals surface area contributed by atoms with E-state index in [4.69, 9.17) is 9.72 Å². The van der Waals surface area contributed by atoms with Gasteiger partial charge < -0.3 is 0 Å². The van der Waals surface area contributed by atoms with E-state index in [0.29, 0.717) is 11.5 Å². The number of nitrogens with zero attached hydrogens (tertiary/aromatic N) is 4. The van der Waals surface area contributed by atoms with Gasteiger partial charge in [0, 0.05) is 37.5 Å². The van der Waals surface area contributed by atoms with E-state index in [1.54, 1.807) is 0 Å². The van der Waals surface area contributed by atoms with Crippen LogP contribution in [0.5, 0.6) is 11.5 Å². The van der Waals surface area contributed by atoms with E-state index < -0.39 is 0 Å². The molecule has 4 aromatic heterocycles. The number of aromatic nitrogens is 4. The molecular weight excluding hydrogens is 1020 g/mol. The third kappa shape index (κ3) is 6.63. The zero-order valence-corrected chi connectivity index (χ0v) is 38.8. The molecule has 0 saturated carbocycles. The molecule has 7 heteroatoms. The normalized spacial score (nSPS) is 11.7. The molecule has 0 fully saturated rings. The average Bonchev–Trinajstić information content (AvgIpc) is 4.03. The zero-order chi connectivity index (χ0) is 44.4. The fraction of sp³-hybridized carbons (Fsp3) is 0. The first kappa shape index (κ1) is 39.5. The number of hydrogen-bond acceptors (Lipinski definition) is 3. The third-order valence-electron chi connectivity index (χ3n) is 12.6. The SMILES string of the molecule is [Pt]=[c]1n(-c2[c-]c(Oc3[c-]c4c(cc3)c3ccccc3n4-c3ccc(-c4cccc5c4sc4ccccc45)cn3)ccc2)c2ccccc2n1-c1c(-c2ccccc2)cccc1-c1ccccc1. The van der Waals surface area contributed by atoms with Gasteiger partial charge in [-0.15, -0.1) is 11.3 Å². The van der Waals surface area contributed by atoms with Crippen LogP contribution in [0.2, 0.25) is 0 Å². The van der Waals surface area contributed by atoms with E-state index in [0.717, 1.165) is 81.7 Å². The van der Waals surface area contributed by atoms with E-state index in [1.165, 1.54) is 25.7 Å². The Labute approximate surface area is 401 Å². The maximum atomic E-state index is 6.71. The van der Waals surface area contributed by atoms with Gasteiger partial charge in [0.1, 0.15) is 0 Å². The average molecular weight is 1060 g/mol. The van der Waals surface area contributed by atoms with Crippen molar-refractivity contribution in [2.45, 2.75) is 0 Å². The molecule has 0 radical (unpaired) electrons. The molecule has 4 heterocycles. The molecule has 5 nitrogen and oxygen atoms in total. The Morgan fingerprint density at radius 3 is 1.79 bits per heavy atom. The van der Waals surface area contributed by atoms with Crippen molar-refractivity contribution in [3.05, 3.63) is 234 Å². The Hall–Kier alpha value is -7.89. The second kappa shape index (κ2) is 16.2. The first-order valence-corrected chi connectivity index (χ1v) is 24.1. The predicted molar refractivity (Wildman–Crippen MR) is 271 cm³/mol. The van der Waals surface area contributed by atoms with E-state index in [-0.39, 0.29) is 0 Å². The molecule has 0 spiro atoms. The Kier molecular flexibility index (Phi) is 9.55. The molecule has 0 aliphatic rings. The first-order chi connectivity index (χ1) is 33.2.